The number of unbranched alkanes of at least 4 members (excludes halogenated alkanes) is 3. The molecule has 0 bridgehead atoms. The van der Waals surface area contributed by atoms with Crippen LogP contribution in [0, 0.1) is 6.92 Å². The molecule has 0 aromatic rings. The van der Waals surface area contributed by atoms with Crippen molar-refractivity contribution in [1.82, 2.24) is 0 Å². The van der Waals surface area contributed by atoms with E-state index in [4.69, 9.17) is 4.74 Å². The number of allylic oxidation sites excluding steroid dienone is 2. The number of hydrogen-bond donors (Lipinski definition) is 0. The van der Waals surface area contributed by atoms with Crippen LogP contribution in [0.3, 0.4) is 0 Å². The first kappa shape index (κ1) is 13.2. The number of ether oxygens (including phenoxy) is 1. The summed E-state index contributed by atoms with van der Waals surface area (Å²) in [6.45, 7) is 6.29. The van der Waals surface area contributed by atoms with Crippen molar-refractivity contribution in [3.05, 3.63) is 19.1 Å². The normalized spacial score (nSPS) is 10.7. The lowest BCUT2D eigenvalue weighted by molar-refractivity contribution is -0.143. The van der Waals surface area contributed by atoms with Gasteiger partial charge in [0, 0.05) is 6.42 Å². The van der Waals surface area contributed by atoms with E-state index in [0.717, 1.165) is 32.1 Å². The number of carbonyl (C=O) groups excluding carboxylic acids is 1. The van der Waals surface area contributed by atoms with Crippen LogP contribution in [0.5, 0.6) is 0 Å². The topological polar surface area (TPSA) is 26.3 Å². The van der Waals surface area contributed by atoms with Crippen LogP contribution in [-0.4, -0.2) is 12.6 Å². The van der Waals surface area contributed by atoms with Gasteiger partial charge in [-0.1, -0.05) is 31.9 Å². The minimum absolute atomic E-state index is 0.0708. The summed E-state index contributed by atoms with van der Waals surface area (Å²) in [4.78, 5) is 11.1. The zero-order chi connectivity index (χ0) is 10.6. The number of carbonyl (C=O) groups is 1. The number of rotatable bonds is 8. The molecule has 0 atom stereocenters. The lowest BCUT2D eigenvalue weighted by Gasteiger charge is -2.02. The molecule has 0 spiro atoms. The Morgan fingerprint density at radius 1 is 1.36 bits per heavy atom. The van der Waals surface area contributed by atoms with Gasteiger partial charge in [-0.3, -0.25) is 4.79 Å². The first-order valence-electron chi connectivity index (χ1n) is 5.41. The molecule has 2 nitrogen and oxygen atoms in total. The van der Waals surface area contributed by atoms with E-state index >= 15 is 0 Å². The molecule has 0 saturated carbocycles. The summed E-state index contributed by atoms with van der Waals surface area (Å²) >= 11 is 0. The maximum absolute atomic E-state index is 11.1. The van der Waals surface area contributed by atoms with Gasteiger partial charge >= 0.3 is 5.97 Å². The zero-order valence-electron chi connectivity index (χ0n) is 9.13. The Balaban J connectivity index is 3.19. The first-order valence-corrected chi connectivity index (χ1v) is 5.41. The molecule has 0 aromatic heterocycles. The standard InChI is InChI=1S/C12H21O2/c1-3-5-7-8-10-12(13)14-11-9-6-4-2/h3,5H,1,4,6-11H2,2H3/b5-3+. The summed E-state index contributed by atoms with van der Waals surface area (Å²) < 4.78 is 5.05. The Hall–Kier alpha value is -0.790. The Kier molecular flexibility index (Phi) is 9.71. The van der Waals surface area contributed by atoms with Crippen LogP contribution in [0.1, 0.15) is 45.4 Å². The fourth-order valence-electron chi connectivity index (χ4n) is 1.09. The smallest absolute Gasteiger partial charge is 0.305 e. The molecule has 0 N–H and O–H groups in total. The third-order valence-corrected chi connectivity index (χ3v) is 1.93. The second-order valence-corrected chi connectivity index (χ2v) is 3.29. The highest BCUT2D eigenvalue weighted by molar-refractivity contribution is 5.69. The summed E-state index contributed by atoms with van der Waals surface area (Å²) in [7, 11) is 0. The molecule has 2 heteroatoms. The lowest BCUT2D eigenvalue weighted by atomic mass is 10.2. The van der Waals surface area contributed by atoms with Gasteiger partial charge in [-0.25, -0.2) is 0 Å². The third-order valence-electron chi connectivity index (χ3n) is 1.93. The average molecular weight is 197 g/mol. The van der Waals surface area contributed by atoms with E-state index in [1.165, 1.54) is 0 Å². The summed E-state index contributed by atoms with van der Waals surface area (Å²) in [5.41, 5.74) is 0. The van der Waals surface area contributed by atoms with Crippen molar-refractivity contribution in [1.29, 1.82) is 0 Å². The fourth-order valence-corrected chi connectivity index (χ4v) is 1.09. The highest BCUT2D eigenvalue weighted by Gasteiger charge is 2.00. The van der Waals surface area contributed by atoms with Crippen molar-refractivity contribution in [2.75, 3.05) is 6.61 Å². The van der Waals surface area contributed by atoms with E-state index in [2.05, 4.69) is 13.8 Å². The van der Waals surface area contributed by atoms with E-state index in [0.29, 0.717) is 13.0 Å². The van der Waals surface area contributed by atoms with Gasteiger partial charge in [0.2, 0.25) is 0 Å². The SMILES string of the molecule is [CH2]/C=C/CCCC(=O)OCCCCC. The molecule has 0 aromatic carbocycles. The second kappa shape index (κ2) is 10.3. The summed E-state index contributed by atoms with van der Waals surface area (Å²) in [5, 5.41) is 0. The van der Waals surface area contributed by atoms with Crippen LogP contribution in [0.4, 0.5) is 0 Å². The van der Waals surface area contributed by atoms with Crippen LogP contribution in [0.2, 0.25) is 0 Å². The minimum atomic E-state index is -0.0708. The zero-order valence-corrected chi connectivity index (χ0v) is 9.13. The van der Waals surface area contributed by atoms with Crippen LogP contribution in [0.25, 0.3) is 0 Å². The molecule has 0 saturated heterocycles. The van der Waals surface area contributed by atoms with E-state index in [9.17, 15) is 4.79 Å². The maximum Gasteiger partial charge on any atom is 0.305 e. The molecule has 1 radical (unpaired) electrons. The second-order valence-electron chi connectivity index (χ2n) is 3.29. The van der Waals surface area contributed by atoms with Gasteiger partial charge in [-0.05, 0) is 26.2 Å². The van der Waals surface area contributed by atoms with Crippen LogP contribution >= 0.6 is 0 Å². The average Bonchev–Trinajstić information content (AvgIpc) is 2.19. The van der Waals surface area contributed by atoms with Gasteiger partial charge in [-0.15, -0.1) is 0 Å². The van der Waals surface area contributed by atoms with E-state index < -0.39 is 0 Å². The quantitative estimate of drug-likeness (QED) is 0.441. The predicted octanol–water partition coefficient (Wildman–Crippen LogP) is 3.28. The molecule has 81 valence electrons. The number of hydrogen-bond acceptors (Lipinski definition) is 2. The Bertz CT molecular complexity index is 162. The van der Waals surface area contributed by atoms with Crippen molar-refractivity contribution in [2.45, 2.75) is 45.4 Å². The maximum atomic E-state index is 11.1. The van der Waals surface area contributed by atoms with Crippen molar-refractivity contribution in [3.63, 3.8) is 0 Å². The van der Waals surface area contributed by atoms with Gasteiger partial charge in [-0.2, -0.15) is 0 Å². The van der Waals surface area contributed by atoms with Gasteiger partial charge in [0.25, 0.3) is 0 Å². The van der Waals surface area contributed by atoms with E-state index in [1.54, 1.807) is 6.08 Å². The number of esters is 1. The Morgan fingerprint density at radius 3 is 2.79 bits per heavy atom. The highest BCUT2D eigenvalue weighted by Crippen LogP contribution is 2.00. The van der Waals surface area contributed by atoms with Crippen molar-refractivity contribution in [2.24, 2.45) is 0 Å². The van der Waals surface area contributed by atoms with Gasteiger partial charge < -0.3 is 4.74 Å². The minimum Gasteiger partial charge on any atom is -0.466 e. The van der Waals surface area contributed by atoms with Crippen LogP contribution in [-0.2, 0) is 9.53 Å². The van der Waals surface area contributed by atoms with Crippen molar-refractivity contribution >= 4 is 5.97 Å². The fraction of sp³-hybridized carbons (Fsp3) is 0.667. The molecule has 0 amide bonds. The summed E-state index contributed by atoms with van der Waals surface area (Å²) in [6.07, 6.45) is 9.30. The Morgan fingerprint density at radius 2 is 2.14 bits per heavy atom. The van der Waals surface area contributed by atoms with Gasteiger partial charge in [0.05, 0.1) is 6.61 Å². The van der Waals surface area contributed by atoms with Gasteiger partial charge in [0.1, 0.15) is 0 Å². The molecule has 0 unspecified atom stereocenters. The van der Waals surface area contributed by atoms with Crippen molar-refractivity contribution < 1.29 is 9.53 Å². The van der Waals surface area contributed by atoms with Gasteiger partial charge in [0.15, 0.2) is 0 Å². The molecule has 0 aliphatic heterocycles. The van der Waals surface area contributed by atoms with E-state index in [-0.39, 0.29) is 5.97 Å². The molecule has 0 heterocycles. The van der Waals surface area contributed by atoms with Crippen LogP contribution in [0.15, 0.2) is 12.2 Å². The third kappa shape index (κ3) is 9.30. The summed E-state index contributed by atoms with van der Waals surface area (Å²) in [5.74, 6) is -0.0708. The van der Waals surface area contributed by atoms with E-state index in [1.807, 2.05) is 6.08 Å². The molecule has 0 rings (SSSR count). The molecule has 0 fully saturated rings. The molecule has 14 heavy (non-hydrogen) atoms. The largest absolute Gasteiger partial charge is 0.466 e. The van der Waals surface area contributed by atoms with Crippen molar-refractivity contribution in [3.8, 4) is 0 Å². The monoisotopic (exact) mass is 197 g/mol. The molecular formula is C12H21O2. The molecule has 0 aliphatic carbocycles. The molecule has 0 aliphatic rings. The predicted molar refractivity (Wildman–Crippen MR) is 58.8 cm³/mol. The highest BCUT2D eigenvalue weighted by atomic mass is 16.5. The molecular weight excluding hydrogens is 176 g/mol. The van der Waals surface area contributed by atoms with Crippen LogP contribution < -0.4 is 0 Å². The summed E-state index contributed by atoms with van der Waals surface area (Å²) in [6, 6.07) is 0. The Labute approximate surface area is 87.3 Å². The first-order chi connectivity index (χ1) is 6.81. The lowest BCUT2D eigenvalue weighted by Crippen LogP contribution is -2.05.